The van der Waals surface area contributed by atoms with Gasteiger partial charge < -0.3 is 0 Å². The van der Waals surface area contributed by atoms with Gasteiger partial charge in [0.05, 0.1) is 10.8 Å². The van der Waals surface area contributed by atoms with Crippen LogP contribution >= 0.6 is 46.5 Å². The van der Waals surface area contributed by atoms with Gasteiger partial charge in [0.2, 0.25) is 0 Å². The minimum Gasteiger partial charge on any atom is -0.293 e. The summed E-state index contributed by atoms with van der Waals surface area (Å²) in [6, 6.07) is 7.07. The van der Waals surface area contributed by atoms with Crippen molar-refractivity contribution in [2.75, 3.05) is 12.0 Å². The molecular weight excluding hydrogens is 308 g/mol. The maximum Gasteiger partial charge on any atom is 0.175 e. The Labute approximate surface area is 122 Å². The Bertz CT molecular complexity index is 559. The zero-order valence-corrected chi connectivity index (χ0v) is 12.6. The van der Waals surface area contributed by atoms with Gasteiger partial charge in [0.25, 0.3) is 0 Å². The fraction of sp³-hybridized carbons (Fsp3) is 0.182. The molecule has 0 aliphatic carbocycles. The molecule has 3 nitrogen and oxygen atoms in total. The fourth-order valence-corrected chi connectivity index (χ4v) is 3.79. The van der Waals surface area contributed by atoms with E-state index in [9.17, 15) is 4.79 Å². The van der Waals surface area contributed by atoms with Crippen LogP contribution in [0, 0.1) is 0 Å². The van der Waals surface area contributed by atoms with Crippen molar-refractivity contribution in [3.05, 3.63) is 34.9 Å². The molecule has 0 atom stereocenters. The van der Waals surface area contributed by atoms with Crippen LogP contribution in [0.2, 0.25) is 5.02 Å². The molecule has 1 aromatic carbocycles. The molecule has 1 heterocycles. The lowest BCUT2D eigenvalue weighted by Crippen LogP contribution is -2.02. The molecule has 7 heteroatoms. The molecule has 0 aliphatic rings. The molecular formula is C11H9ClN2OS3. The van der Waals surface area contributed by atoms with Gasteiger partial charge in [0, 0.05) is 5.56 Å². The van der Waals surface area contributed by atoms with E-state index in [0.29, 0.717) is 16.3 Å². The van der Waals surface area contributed by atoms with Crippen LogP contribution in [0.15, 0.2) is 32.9 Å². The van der Waals surface area contributed by atoms with Crippen molar-refractivity contribution in [1.82, 2.24) is 10.2 Å². The highest BCUT2D eigenvalue weighted by molar-refractivity contribution is 8.03. The van der Waals surface area contributed by atoms with Crippen LogP contribution in [0.1, 0.15) is 10.4 Å². The van der Waals surface area contributed by atoms with E-state index in [-0.39, 0.29) is 5.78 Å². The largest absolute Gasteiger partial charge is 0.293 e. The molecule has 2 rings (SSSR count). The van der Waals surface area contributed by atoms with Crippen molar-refractivity contribution < 1.29 is 4.79 Å². The molecule has 0 unspecified atom stereocenters. The maximum atomic E-state index is 12.0. The Morgan fingerprint density at radius 2 is 2.06 bits per heavy atom. The Balaban J connectivity index is 1.98. The molecule has 0 spiro atoms. The molecule has 0 saturated carbocycles. The Hall–Kier alpha value is -0.560. The Morgan fingerprint density at radius 1 is 1.33 bits per heavy atom. The van der Waals surface area contributed by atoms with Gasteiger partial charge in [-0.3, -0.25) is 4.79 Å². The minimum atomic E-state index is 0.00602. The van der Waals surface area contributed by atoms with Crippen LogP contribution in [-0.2, 0) is 0 Å². The van der Waals surface area contributed by atoms with Gasteiger partial charge in [0.1, 0.15) is 0 Å². The molecule has 0 fully saturated rings. The summed E-state index contributed by atoms with van der Waals surface area (Å²) in [5, 5.41) is 8.47. The van der Waals surface area contributed by atoms with Gasteiger partial charge >= 0.3 is 0 Å². The summed E-state index contributed by atoms with van der Waals surface area (Å²) in [7, 11) is 0. The number of hydrogen-bond donors (Lipinski definition) is 0. The van der Waals surface area contributed by atoms with E-state index in [1.165, 1.54) is 23.1 Å². The highest BCUT2D eigenvalue weighted by Crippen LogP contribution is 2.28. The predicted octanol–water partition coefficient (Wildman–Crippen LogP) is 3.89. The number of carbonyl (C=O) groups is 1. The SMILES string of the molecule is CSc1nnc(SCC(=O)c2ccccc2Cl)s1. The number of ketones is 1. The van der Waals surface area contributed by atoms with Crippen molar-refractivity contribution >= 4 is 52.2 Å². The number of rotatable bonds is 5. The quantitative estimate of drug-likeness (QED) is 0.618. The van der Waals surface area contributed by atoms with Crippen molar-refractivity contribution in [3.63, 3.8) is 0 Å². The van der Waals surface area contributed by atoms with Gasteiger partial charge in [0.15, 0.2) is 14.5 Å². The Kier molecular flexibility index (Phi) is 5.05. The van der Waals surface area contributed by atoms with E-state index in [1.807, 2.05) is 12.3 Å². The van der Waals surface area contributed by atoms with E-state index in [0.717, 1.165) is 8.68 Å². The molecule has 0 bridgehead atoms. The Morgan fingerprint density at radius 3 is 2.72 bits per heavy atom. The van der Waals surface area contributed by atoms with Gasteiger partial charge in [-0.1, -0.05) is 58.6 Å². The number of carbonyl (C=O) groups excluding carboxylic acids is 1. The maximum absolute atomic E-state index is 12.0. The number of hydrogen-bond acceptors (Lipinski definition) is 6. The lowest BCUT2D eigenvalue weighted by atomic mass is 10.1. The second kappa shape index (κ2) is 6.56. The zero-order valence-electron chi connectivity index (χ0n) is 9.42. The number of nitrogens with zero attached hydrogens (tertiary/aromatic N) is 2. The van der Waals surface area contributed by atoms with E-state index >= 15 is 0 Å². The first-order chi connectivity index (χ1) is 8.70. The summed E-state index contributed by atoms with van der Waals surface area (Å²) in [4.78, 5) is 12.0. The van der Waals surface area contributed by atoms with Crippen molar-refractivity contribution in [3.8, 4) is 0 Å². The zero-order chi connectivity index (χ0) is 13.0. The molecule has 0 saturated heterocycles. The van der Waals surface area contributed by atoms with Gasteiger partial charge in [-0.15, -0.1) is 10.2 Å². The monoisotopic (exact) mass is 316 g/mol. The first-order valence-electron chi connectivity index (χ1n) is 4.98. The van der Waals surface area contributed by atoms with Crippen LogP contribution in [0.3, 0.4) is 0 Å². The number of aromatic nitrogens is 2. The summed E-state index contributed by atoms with van der Waals surface area (Å²) < 4.78 is 1.71. The topological polar surface area (TPSA) is 42.9 Å². The van der Waals surface area contributed by atoms with Gasteiger partial charge in [-0.25, -0.2) is 0 Å². The third-order valence-corrected chi connectivity index (χ3v) is 5.43. The second-order valence-electron chi connectivity index (χ2n) is 3.23. The van der Waals surface area contributed by atoms with Crippen LogP contribution in [0.5, 0.6) is 0 Å². The summed E-state index contributed by atoms with van der Waals surface area (Å²) in [5.74, 6) is 0.332. The molecule has 94 valence electrons. The van der Waals surface area contributed by atoms with E-state index in [4.69, 9.17) is 11.6 Å². The fourth-order valence-electron chi connectivity index (χ4n) is 1.23. The predicted molar refractivity (Wildman–Crippen MR) is 78.2 cm³/mol. The van der Waals surface area contributed by atoms with Gasteiger partial charge in [-0.2, -0.15) is 0 Å². The first-order valence-corrected chi connectivity index (χ1v) is 8.39. The highest BCUT2D eigenvalue weighted by Gasteiger charge is 2.12. The lowest BCUT2D eigenvalue weighted by Gasteiger charge is -2.01. The highest BCUT2D eigenvalue weighted by atomic mass is 35.5. The molecule has 0 N–H and O–H groups in total. The minimum absolute atomic E-state index is 0.00602. The normalized spacial score (nSPS) is 10.6. The van der Waals surface area contributed by atoms with Crippen molar-refractivity contribution in [1.29, 1.82) is 0 Å². The average Bonchev–Trinajstić information content (AvgIpc) is 2.84. The van der Waals surface area contributed by atoms with Crippen molar-refractivity contribution in [2.45, 2.75) is 8.68 Å². The summed E-state index contributed by atoms with van der Waals surface area (Å²) in [5.41, 5.74) is 0.557. The van der Waals surface area contributed by atoms with Crippen LogP contribution in [0.4, 0.5) is 0 Å². The average molecular weight is 317 g/mol. The van der Waals surface area contributed by atoms with Crippen LogP contribution < -0.4 is 0 Å². The summed E-state index contributed by atoms with van der Waals surface area (Å²) in [6.45, 7) is 0. The van der Waals surface area contributed by atoms with E-state index in [1.54, 1.807) is 30.0 Å². The summed E-state index contributed by atoms with van der Waals surface area (Å²) in [6.07, 6.45) is 1.95. The van der Waals surface area contributed by atoms with Gasteiger partial charge in [-0.05, 0) is 18.4 Å². The number of benzene rings is 1. The second-order valence-corrected chi connectivity index (χ2v) is 6.89. The molecule has 0 radical (unpaired) electrons. The number of Topliss-reactive ketones (excluding diaryl/α,β-unsaturated/α-hetero) is 1. The molecule has 1 aromatic heterocycles. The number of halogens is 1. The van der Waals surface area contributed by atoms with E-state index in [2.05, 4.69) is 10.2 Å². The standard InChI is InChI=1S/C11H9ClN2OS3/c1-16-10-13-14-11(18-10)17-6-9(15)7-4-2-3-5-8(7)12/h2-5H,6H2,1H3. The number of thioether (sulfide) groups is 2. The lowest BCUT2D eigenvalue weighted by molar-refractivity contribution is 0.102. The first kappa shape index (κ1) is 13.9. The smallest absolute Gasteiger partial charge is 0.175 e. The molecule has 18 heavy (non-hydrogen) atoms. The molecule has 0 aliphatic heterocycles. The van der Waals surface area contributed by atoms with E-state index < -0.39 is 0 Å². The third kappa shape index (κ3) is 3.47. The van der Waals surface area contributed by atoms with Crippen LogP contribution in [-0.4, -0.2) is 28.0 Å². The molecule has 2 aromatic rings. The van der Waals surface area contributed by atoms with Crippen molar-refractivity contribution in [2.24, 2.45) is 0 Å². The molecule has 0 amide bonds. The third-order valence-electron chi connectivity index (χ3n) is 2.06. The van der Waals surface area contributed by atoms with Crippen LogP contribution in [0.25, 0.3) is 0 Å². The summed E-state index contributed by atoms with van der Waals surface area (Å²) >= 11 is 10.4.